The van der Waals surface area contributed by atoms with E-state index in [0.717, 1.165) is 5.56 Å². The standard InChI is InChI=1S/C15H18ClNO4/c1-9-7-11(16)3-4-13(9)21-8-14(18)17-6-5-12(10(17)2)15(19)20/h3-4,7,10,12H,5-6,8H2,1-2H3,(H,19,20). The number of halogens is 1. The summed E-state index contributed by atoms with van der Waals surface area (Å²) < 4.78 is 5.51. The van der Waals surface area contributed by atoms with E-state index in [2.05, 4.69) is 0 Å². The molecule has 2 unspecified atom stereocenters. The number of likely N-dealkylation sites (tertiary alicyclic amines) is 1. The highest BCUT2D eigenvalue weighted by Gasteiger charge is 2.38. The lowest BCUT2D eigenvalue weighted by atomic mass is 10.0. The first-order valence-electron chi connectivity index (χ1n) is 6.81. The molecular weight excluding hydrogens is 294 g/mol. The number of hydrogen-bond acceptors (Lipinski definition) is 3. The third-order valence-corrected chi connectivity index (χ3v) is 4.12. The molecule has 5 nitrogen and oxygen atoms in total. The van der Waals surface area contributed by atoms with Crippen LogP contribution in [0.5, 0.6) is 5.75 Å². The van der Waals surface area contributed by atoms with Gasteiger partial charge in [-0.25, -0.2) is 0 Å². The lowest BCUT2D eigenvalue weighted by Gasteiger charge is -2.23. The van der Waals surface area contributed by atoms with Crippen LogP contribution in [0.25, 0.3) is 0 Å². The third kappa shape index (κ3) is 3.47. The Bertz CT molecular complexity index is 561. The van der Waals surface area contributed by atoms with Crippen molar-refractivity contribution in [3.8, 4) is 5.75 Å². The zero-order valence-electron chi connectivity index (χ0n) is 12.0. The maximum atomic E-state index is 12.2. The number of rotatable bonds is 4. The number of ether oxygens (including phenoxy) is 1. The molecule has 1 aliphatic heterocycles. The Morgan fingerprint density at radius 3 is 2.76 bits per heavy atom. The fraction of sp³-hybridized carbons (Fsp3) is 0.467. The molecule has 0 aliphatic carbocycles. The fourth-order valence-corrected chi connectivity index (χ4v) is 2.85. The molecule has 0 bridgehead atoms. The average molecular weight is 312 g/mol. The highest BCUT2D eigenvalue weighted by Crippen LogP contribution is 2.25. The second kappa shape index (κ2) is 6.35. The van der Waals surface area contributed by atoms with Crippen molar-refractivity contribution >= 4 is 23.5 Å². The second-order valence-electron chi connectivity index (χ2n) is 5.26. The van der Waals surface area contributed by atoms with E-state index in [1.807, 2.05) is 6.92 Å². The van der Waals surface area contributed by atoms with Crippen LogP contribution in [0.1, 0.15) is 18.9 Å². The number of carboxylic acid groups (broad SMARTS) is 1. The Morgan fingerprint density at radius 1 is 1.48 bits per heavy atom. The molecule has 0 saturated carbocycles. The molecule has 1 heterocycles. The van der Waals surface area contributed by atoms with Gasteiger partial charge in [-0.3, -0.25) is 9.59 Å². The summed E-state index contributed by atoms with van der Waals surface area (Å²) in [5.74, 6) is -0.937. The number of aryl methyl sites for hydroxylation is 1. The van der Waals surface area contributed by atoms with Crippen LogP contribution >= 0.6 is 11.6 Å². The number of hydrogen-bond donors (Lipinski definition) is 1. The van der Waals surface area contributed by atoms with Crippen molar-refractivity contribution in [3.05, 3.63) is 28.8 Å². The first-order chi connectivity index (χ1) is 9.90. The van der Waals surface area contributed by atoms with Crippen LogP contribution < -0.4 is 4.74 Å². The fourth-order valence-electron chi connectivity index (χ4n) is 2.62. The molecule has 1 aromatic rings. The highest BCUT2D eigenvalue weighted by atomic mass is 35.5. The lowest BCUT2D eigenvalue weighted by molar-refractivity contribution is -0.143. The maximum Gasteiger partial charge on any atom is 0.308 e. The van der Waals surface area contributed by atoms with Gasteiger partial charge in [0.25, 0.3) is 5.91 Å². The molecule has 1 aromatic carbocycles. The SMILES string of the molecule is Cc1cc(Cl)ccc1OCC(=O)N1CCC(C(=O)O)C1C. The van der Waals surface area contributed by atoms with Gasteiger partial charge in [-0.1, -0.05) is 11.6 Å². The minimum Gasteiger partial charge on any atom is -0.483 e. The van der Waals surface area contributed by atoms with Gasteiger partial charge in [0.1, 0.15) is 5.75 Å². The van der Waals surface area contributed by atoms with Crippen LogP contribution in [0.4, 0.5) is 0 Å². The summed E-state index contributed by atoms with van der Waals surface area (Å²) >= 11 is 5.86. The van der Waals surface area contributed by atoms with E-state index in [0.29, 0.717) is 23.7 Å². The van der Waals surface area contributed by atoms with Gasteiger partial charge in [-0.2, -0.15) is 0 Å². The second-order valence-corrected chi connectivity index (χ2v) is 5.70. The van der Waals surface area contributed by atoms with Crippen LogP contribution in [0.3, 0.4) is 0 Å². The molecule has 1 N–H and O–H groups in total. The molecule has 0 spiro atoms. The zero-order valence-corrected chi connectivity index (χ0v) is 12.8. The monoisotopic (exact) mass is 311 g/mol. The Balaban J connectivity index is 1.95. The van der Waals surface area contributed by atoms with E-state index < -0.39 is 11.9 Å². The van der Waals surface area contributed by atoms with E-state index in [1.165, 1.54) is 0 Å². The number of carbonyl (C=O) groups excluding carboxylic acids is 1. The van der Waals surface area contributed by atoms with E-state index in [9.17, 15) is 9.59 Å². The predicted octanol–water partition coefficient (Wildman–Crippen LogP) is 2.35. The van der Waals surface area contributed by atoms with Gasteiger partial charge >= 0.3 is 5.97 Å². The topological polar surface area (TPSA) is 66.8 Å². The molecule has 0 aromatic heterocycles. The van der Waals surface area contributed by atoms with Crippen molar-refractivity contribution in [2.24, 2.45) is 5.92 Å². The van der Waals surface area contributed by atoms with Crippen molar-refractivity contribution in [2.45, 2.75) is 26.3 Å². The molecular formula is C15H18ClNO4. The van der Waals surface area contributed by atoms with Crippen molar-refractivity contribution in [1.29, 1.82) is 0 Å². The Morgan fingerprint density at radius 2 is 2.19 bits per heavy atom. The molecule has 1 fully saturated rings. The number of carboxylic acids is 1. The quantitative estimate of drug-likeness (QED) is 0.927. The van der Waals surface area contributed by atoms with Gasteiger partial charge in [0.05, 0.1) is 5.92 Å². The van der Waals surface area contributed by atoms with Gasteiger partial charge in [0.2, 0.25) is 0 Å². The molecule has 21 heavy (non-hydrogen) atoms. The zero-order chi connectivity index (χ0) is 15.6. The first kappa shape index (κ1) is 15.6. The Hall–Kier alpha value is -1.75. The first-order valence-corrected chi connectivity index (χ1v) is 7.19. The predicted molar refractivity (Wildman–Crippen MR) is 78.6 cm³/mol. The molecule has 6 heteroatoms. The van der Waals surface area contributed by atoms with Crippen LogP contribution in [0.15, 0.2) is 18.2 Å². The van der Waals surface area contributed by atoms with Crippen LogP contribution in [0.2, 0.25) is 5.02 Å². The van der Waals surface area contributed by atoms with Gasteiger partial charge in [0, 0.05) is 17.6 Å². The molecule has 2 atom stereocenters. The molecule has 2 rings (SSSR count). The van der Waals surface area contributed by atoms with Crippen LogP contribution in [0, 0.1) is 12.8 Å². The summed E-state index contributed by atoms with van der Waals surface area (Å²) in [6.07, 6.45) is 0.488. The summed E-state index contributed by atoms with van der Waals surface area (Å²) in [4.78, 5) is 24.8. The van der Waals surface area contributed by atoms with Crippen LogP contribution in [-0.2, 0) is 9.59 Å². The van der Waals surface area contributed by atoms with Crippen LogP contribution in [-0.4, -0.2) is 41.1 Å². The number of aliphatic carboxylic acids is 1. The summed E-state index contributed by atoms with van der Waals surface area (Å²) in [6, 6.07) is 4.89. The van der Waals surface area contributed by atoms with E-state index in [1.54, 1.807) is 30.0 Å². The number of amides is 1. The lowest BCUT2D eigenvalue weighted by Crippen LogP contribution is -2.40. The average Bonchev–Trinajstić information content (AvgIpc) is 2.79. The minimum atomic E-state index is -0.854. The van der Waals surface area contributed by atoms with Crippen molar-refractivity contribution in [1.82, 2.24) is 4.90 Å². The molecule has 114 valence electrons. The van der Waals surface area contributed by atoms with Gasteiger partial charge < -0.3 is 14.7 Å². The summed E-state index contributed by atoms with van der Waals surface area (Å²) in [7, 11) is 0. The van der Waals surface area contributed by atoms with Gasteiger partial charge in [-0.05, 0) is 44.0 Å². The number of benzene rings is 1. The number of carbonyl (C=O) groups is 2. The third-order valence-electron chi connectivity index (χ3n) is 3.88. The molecule has 0 radical (unpaired) electrons. The largest absolute Gasteiger partial charge is 0.483 e. The van der Waals surface area contributed by atoms with E-state index in [4.69, 9.17) is 21.4 Å². The van der Waals surface area contributed by atoms with Crippen molar-refractivity contribution < 1.29 is 19.4 Å². The molecule has 1 amide bonds. The minimum absolute atomic E-state index is 0.0981. The normalized spacial score (nSPS) is 21.4. The summed E-state index contributed by atoms with van der Waals surface area (Å²) in [5.41, 5.74) is 0.855. The maximum absolute atomic E-state index is 12.2. The van der Waals surface area contributed by atoms with Crippen molar-refractivity contribution in [2.75, 3.05) is 13.2 Å². The smallest absolute Gasteiger partial charge is 0.308 e. The highest BCUT2D eigenvalue weighted by molar-refractivity contribution is 6.30. The molecule has 1 aliphatic rings. The van der Waals surface area contributed by atoms with Crippen molar-refractivity contribution in [3.63, 3.8) is 0 Å². The Labute approximate surface area is 128 Å². The Kier molecular flexibility index (Phi) is 4.73. The number of nitrogens with zero attached hydrogens (tertiary/aromatic N) is 1. The summed E-state index contributed by atoms with van der Waals surface area (Å²) in [5, 5.41) is 9.69. The van der Waals surface area contributed by atoms with E-state index in [-0.39, 0.29) is 18.6 Å². The van der Waals surface area contributed by atoms with Gasteiger partial charge in [0.15, 0.2) is 6.61 Å². The van der Waals surface area contributed by atoms with Gasteiger partial charge in [-0.15, -0.1) is 0 Å². The summed E-state index contributed by atoms with van der Waals surface area (Å²) in [6.45, 7) is 3.97. The molecule has 1 saturated heterocycles. The van der Waals surface area contributed by atoms with E-state index >= 15 is 0 Å².